The smallest absolute Gasteiger partial charge is 0.251 e. The Balaban J connectivity index is 1.01. The summed E-state index contributed by atoms with van der Waals surface area (Å²) in [7, 11) is 0. The van der Waals surface area contributed by atoms with Crippen LogP contribution in [0.3, 0.4) is 0 Å². The molecule has 0 spiro atoms. The van der Waals surface area contributed by atoms with E-state index in [1.807, 2.05) is 12.1 Å². The first kappa shape index (κ1) is 20.8. The van der Waals surface area contributed by atoms with Crippen molar-refractivity contribution in [2.24, 2.45) is 0 Å². The molecule has 3 aliphatic rings. The van der Waals surface area contributed by atoms with Crippen LogP contribution in [0.15, 0.2) is 48.5 Å². The topological polar surface area (TPSA) is 79.9 Å². The minimum absolute atomic E-state index is 0.00483. The van der Waals surface area contributed by atoms with Gasteiger partial charge in [0.15, 0.2) is 11.5 Å². The van der Waals surface area contributed by atoms with E-state index in [0.29, 0.717) is 24.3 Å². The molecular weight excluding hydrogens is 406 g/mol. The lowest BCUT2D eigenvalue weighted by Crippen LogP contribution is -2.63. The number of likely N-dealkylation sites (tertiary alicyclic amines) is 1. The van der Waals surface area contributed by atoms with E-state index < -0.39 is 0 Å². The Morgan fingerprint density at radius 1 is 0.938 bits per heavy atom. The molecule has 2 aromatic rings. The maximum atomic E-state index is 12.2. The van der Waals surface area contributed by atoms with Crippen LogP contribution in [0.2, 0.25) is 0 Å². The highest BCUT2D eigenvalue weighted by atomic mass is 16.7. The standard InChI is InChI=1S/C25H29N3O4/c29-24(13-26-25(30)18-4-2-1-3-5-18)27-20-14-28(15-20)21-9-6-17(7-10-21)19-8-11-22-23(12-19)32-16-31-22/h1-5,8,11-12,17,20-21H,6-7,9-10,13-16H2,(H,26,30)(H,27,29)/t17-,21+. The van der Waals surface area contributed by atoms with Gasteiger partial charge in [0.05, 0.1) is 12.6 Å². The fourth-order valence-electron chi connectivity index (χ4n) is 4.97. The average molecular weight is 436 g/mol. The van der Waals surface area contributed by atoms with Gasteiger partial charge in [-0.3, -0.25) is 14.5 Å². The molecule has 168 valence electrons. The Bertz CT molecular complexity index is 966. The van der Waals surface area contributed by atoms with E-state index in [9.17, 15) is 9.59 Å². The molecular formula is C25H29N3O4. The second-order valence-corrected chi connectivity index (χ2v) is 8.89. The SMILES string of the molecule is O=C(CNC(=O)c1ccccc1)NC1CN([C@H]2CC[C@@H](c3ccc4c(c3)OCO4)CC2)C1. The molecule has 0 aromatic heterocycles. The highest BCUT2D eigenvalue weighted by Gasteiger charge is 2.35. The second-order valence-electron chi connectivity index (χ2n) is 8.89. The molecule has 0 atom stereocenters. The molecule has 2 N–H and O–H groups in total. The maximum Gasteiger partial charge on any atom is 0.251 e. The number of ether oxygens (including phenoxy) is 2. The molecule has 2 fully saturated rings. The highest BCUT2D eigenvalue weighted by Crippen LogP contribution is 2.40. The van der Waals surface area contributed by atoms with Gasteiger partial charge in [-0.1, -0.05) is 24.3 Å². The van der Waals surface area contributed by atoms with Gasteiger partial charge in [0, 0.05) is 24.7 Å². The van der Waals surface area contributed by atoms with Gasteiger partial charge in [0.2, 0.25) is 12.7 Å². The number of fused-ring (bicyclic) bond motifs is 1. The summed E-state index contributed by atoms with van der Waals surface area (Å²) >= 11 is 0. The predicted molar refractivity (Wildman–Crippen MR) is 120 cm³/mol. The first-order valence-corrected chi connectivity index (χ1v) is 11.4. The van der Waals surface area contributed by atoms with E-state index in [1.54, 1.807) is 24.3 Å². The van der Waals surface area contributed by atoms with Crippen molar-refractivity contribution in [3.8, 4) is 11.5 Å². The van der Waals surface area contributed by atoms with Crippen LogP contribution in [0.4, 0.5) is 0 Å². The number of benzene rings is 2. The molecule has 32 heavy (non-hydrogen) atoms. The molecule has 1 saturated heterocycles. The van der Waals surface area contributed by atoms with Crippen molar-refractivity contribution in [1.82, 2.24) is 15.5 Å². The average Bonchev–Trinajstić information content (AvgIpc) is 3.28. The van der Waals surface area contributed by atoms with Crippen LogP contribution in [0.25, 0.3) is 0 Å². The van der Waals surface area contributed by atoms with Crippen molar-refractivity contribution in [3.05, 3.63) is 59.7 Å². The van der Waals surface area contributed by atoms with E-state index in [-0.39, 0.29) is 24.4 Å². The Labute approximate surface area is 188 Å². The third kappa shape index (κ3) is 4.58. The fraction of sp³-hybridized carbons (Fsp3) is 0.440. The van der Waals surface area contributed by atoms with E-state index in [4.69, 9.17) is 9.47 Å². The number of nitrogens with one attached hydrogen (secondary N) is 2. The maximum absolute atomic E-state index is 12.2. The van der Waals surface area contributed by atoms with E-state index in [0.717, 1.165) is 24.6 Å². The number of hydrogen-bond donors (Lipinski definition) is 2. The molecule has 2 aliphatic heterocycles. The van der Waals surface area contributed by atoms with Gasteiger partial charge in [-0.25, -0.2) is 0 Å². The van der Waals surface area contributed by atoms with Gasteiger partial charge in [0.25, 0.3) is 5.91 Å². The van der Waals surface area contributed by atoms with Crippen LogP contribution in [0.1, 0.15) is 47.5 Å². The van der Waals surface area contributed by atoms with Crippen LogP contribution < -0.4 is 20.1 Å². The summed E-state index contributed by atoms with van der Waals surface area (Å²) in [6, 6.07) is 16.0. The molecule has 0 radical (unpaired) electrons. The summed E-state index contributed by atoms with van der Waals surface area (Å²) in [5.74, 6) is 1.92. The van der Waals surface area contributed by atoms with Crippen LogP contribution >= 0.6 is 0 Å². The van der Waals surface area contributed by atoms with Gasteiger partial charge in [0.1, 0.15) is 0 Å². The Hall–Kier alpha value is -3.06. The molecule has 5 rings (SSSR count). The van der Waals surface area contributed by atoms with E-state index in [1.165, 1.54) is 31.2 Å². The highest BCUT2D eigenvalue weighted by molar-refractivity contribution is 5.96. The lowest BCUT2D eigenvalue weighted by atomic mass is 9.80. The third-order valence-electron chi connectivity index (χ3n) is 6.80. The lowest BCUT2D eigenvalue weighted by Gasteiger charge is -2.46. The third-order valence-corrected chi connectivity index (χ3v) is 6.80. The second kappa shape index (κ2) is 9.20. The molecule has 0 bridgehead atoms. The molecule has 0 unspecified atom stereocenters. The van der Waals surface area contributed by atoms with Crippen molar-refractivity contribution >= 4 is 11.8 Å². The Morgan fingerprint density at radius 2 is 1.69 bits per heavy atom. The van der Waals surface area contributed by atoms with Gasteiger partial charge in [-0.2, -0.15) is 0 Å². The zero-order valence-electron chi connectivity index (χ0n) is 18.1. The number of rotatable bonds is 6. The fourth-order valence-corrected chi connectivity index (χ4v) is 4.97. The summed E-state index contributed by atoms with van der Waals surface area (Å²) in [5, 5.41) is 5.71. The molecule has 1 aliphatic carbocycles. The summed E-state index contributed by atoms with van der Waals surface area (Å²) in [6.07, 6.45) is 4.69. The largest absolute Gasteiger partial charge is 0.454 e. The van der Waals surface area contributed by atoms with Crippen LogP contribution in [0, 0.1) is 0 Å². The Morgan fingerprint density at radius 3 is 2.47 bits per heavy atom. The summed E-state index contributed by atoms with van der Waals surface area (Å²) < 4.78 is 10.9. The first-order chi connectivity index (χ1) is 15.7. The van der Waals surface area contributed by atoms with E-state index >= 15 is 0 Å². The van der Waals surface area contributed by atoms with Crippen LogP contribution in [-0.2, 0) is 4.79 Å². The van der Waals surface area contributed by atoms with Crippen molar-refractivity contribution in [1.29, 1.82) is 0 Å². The van der Waals surface area contributed by atoms with E-state index in [2.05, 4.69) is 27.7 Å². The number of carbonyl (C=O) groups is 2. The quantitative estimate of drug-likeness (QED) is 0.729. The Kier molecular flexibility index (Phi) is 5.99. The molecule has 1 saturated carbocycles. The lowest BCUT2D eigenvalue weighted by molar-refractivity contribution is -0.122. The predicted octanol–water partition coefficient (Wildman–Crippen LogP) is 2.67. The summed E-state index contributed by atoms with van der Waals surface area (Å²) in [5.41, 5.74) is 1.91. The van der Waals surface area contributed by atoms with Gasteiger partial charge >= 0.3 is 0 Å². The van der Waals surface area contributed by atoms with Gasteiger partial charge in [-0.15, -0.1) is 0 Å². The molecule has 2 aromatic carbocycles. The van der Waals surface area contributed by atoms with Crippen molar-refractivity contribution in [2.45, 2.75) is 43.7 Å². The van der Waals surface area contributed by atoms with Crippen molar-refractivity contribution in [3.63, 3.8) is 0 Å². The number of amides is 2. The van der Waals surface area contributed by atoms with Gasteiger partial charge < -0.3 is 20.1 Å². The van der Waals surface area contributed by atoms with Crippen molar-refractivity contribution in [2.75, 3.05) is 26.4 Å². The first-order valence-electron chi connectivity index (χ1n) is 11.4. The molecule has 2 heterocycles. The molecule has 7 heteroatoms. The normalized spacial score (nSPS) is 22.8. The molecule has 7 nitrogen and oxygen atoms in total. The summed E-state index contributed by atoms with van der Waals surface area (Å²) in [4.78, 5) is 26.7. The summed E-state index contributed by atoms with van der Waals surface area (Å²) in [6.45, 7) is 2.10. The molecule has 2 amide bonds. The van der Waals surface area contributed by atoms with Gasteiger partial charge in [-0.05, 0) is 61.4 Å². The minimum atomic E-state index is -0.227. The monoisotopic (exact) mass is 435 g/mol. The number of hydrogen-bond acceptors (Lipinski definition) is 5. The van der Waals surface area contributed by atoms with Crippen molar-refractivity contribution < 1.29 is 19.1 Å². The minimum Gasteiger partial charge on any atom is -0.454 e. The number of nitrogens with zero attached hydrogens (tertiary/aromatic N) is 1. The zero-order chi connectivity index (χ0) is 21.9. The number of carbonyl (C=O) groups excluding carboxylic acids is 2. The van der Waals surface area contributed by atoms with Crippen LogP contribution in [-0.4, -0.2) is 55.2 Å². The van der Waals surface area contributed by atoms with Crippen LogP contribution in [0.5, 0.6) is 11.5 Å². The zero-order valence-corrected chi connectivity index (χ0v) is 18.1.